The summed E-state index contributed by atoms with van der Waals surface area (Å²) in [6.07, 6.45) is 2.05. The molecule has 4 nitrogen and oxygen atoms in total. The van der Waals surface area contributed by atoms with E-state index in [1.807, 2.05) is 49.2 Å². The van der Waals surface area contributed by atoms with Gasteiger partial charge in [0, 0.05) is 24.7 Å². The molecule has 2 atom stereocenters. The number of H-pyrrole nitrogens is 1. The van der Waals surface area contributed by atoms with E-state index in [4.69, 9.17) is 4.74 Å². The molecular formula is C15H18N2O2. The van der Waals surface area contributed by atoms with Crippen molar-refractivity contribution in [2.75, 3.05) is 13.1 Å². The summed E-state index contributed by atoms with van der Waals surface area (Å²) < 4.78 is 5.67. The van der Waals surface area contributed by atoms with Crippen molar-refractivity contribution >= 4 is 16.8 Å². The molecule has 4 heteroatoms. The van der Waals surface area contributed by atoms with Gasteiger partial charge in [0.1, 0.15) is 0 Å². The van der Waals surface area contributed by atoms with Crippen molar-refractivity contribution < 1.29 is 9.53 Å². The van der Waals surface area contributed by atoms with E-state index in [-0.39, 0.29) is 18.1 Å². The van der Waals surface area contributed by atoms with Crippen molar-refractivity contribution in [3.63, 3.8) is 0 Å². The van der Waals surface area contributed by atoms with Gasteiger partial charge in [0.25, 0.3) is 5.91 Å². The average molecular weight is 258 g/mol. The van der Waals surface area contributed by atoms with Crippen molar-refractivity contribution in [3.8, 4) is 0 Å². The van der Waals surface area contributed by atoms with Crippen molar-refractivity contribution in [1.82, 2.24) is 9.88 Å². The average Bonchev–Trinajstić information content (AvgIpc) is 2.84. The van der Waals surface area contributed by atoms with Crippen LogP contribution in [0.1, 0.15) is 24.2 Å². The number of aromatic nitrogens is 1. The molecule has 2 aromatic rings. The first-order chi connectivity index (χ1) is 9.15. The van der Waals surface area contributed by atoms with Gasteiger partial charge in [-0.1, -0.05) is 12.1 Å². The highest BCUT2D eigenvalue weighted by Gasteiger charge is 2.27. The first-order valence-electron chi connectivity index (χ1n) is 6.66. The first kappa shape index (κ1) is 12.2. The second-order valence-corrected chi connectivity index (χ2v) is 5.21. The van der Waals surface area contributed by atoms with Crippen LogP contribution >= 0.6 is 0 Å². The number of nitrogens with one attached hydrogen (secondary N) is 1. The number of amides is 1. The molecule has 0 spiro atoms. The fourth-order valence-electron chi connectivity index (χ4n) is 2.78. The summed E-state index contributed by atoms with van der Waals surface area (Å²) in [7, 11) is 0. The lowest BCUT2D eigenvalue weighted by Crippen LogP contribution is -2.48. The first-order valence-corrected chi connectivity index (χ1v) is 6.66. The summed E-state index contributed by atoms with van der Waals surface area (Å²) in [5, 5.41) is 1.07. The lowest BCUT2D eigenvalue weighted by atomic mass is 10.1. The van der Waals surface area contributed by atoms with Crippen LogP contribution < -0.4 is 0 Å². The molecule has 1 aromatic heterocycles. The summed E-state index contributed by atoms with van der Waals surface area (Å²) in [4.78, 5) is 17.7. The minimum absolute atomic E-state index is 0.0788. The van der Waals surface area contributed by atoms with Crippen LogP contribution in [0.15, 0.2) is 30.5 Å². The fraction of sp³-hybridized carbons (Fsp3) is 0.400. The number of fused-ring (bicyclic) bond motifs is 1. The number of aromatic amines is 1. The highest BCUT2D eigenvalue weighted by molar-refractivity contribution is 6.05. The van der Waals surface area contributed by atoms with E-state index in [2.05, 4.69) is 4.98 Å². The Balaban J connectivity index is 1.93. The number of hydrogen-bond acceptors (Lipinski definition) is 2. The van der Waals surface area contributed by atoms with Crippen molar-refractivity contribution in [3.05, 3.63) is 36.0 Å². The molecular weight excluding hydrogens is 240 g/mol. The Labute approximate surface area is 112 Å². The van der Waals surface area contributed by atoms with Crippen LogP contribution in [0.2, 0.25) is 0 Å². The van der Waals surface area contributed by atoms with E-state index in [1.165, 1.54) is 0 Å². The third kappa shape index (κ3) is 2.24. The van der Waals surface area contributed by atoms with Crippen LogP contribution in [0, 0.1) is 0 Å². The lowest BCUT2D eigenvalue weighted by Gasteiger charge is -2.35. The fourth-order valence-corrected chi connectivity index (χ4v) is 2.78. The molecule has 19 heavy (non-hydrogen) atoms. The molecule has 2 heterocycles. The highest BCUT2D eigenvalue weighted by Crippen LogP contribution is 2.20. The Morgan fingerprint density at radius 2 is 2.00 bits per heavy atom. The molecule has 100 valence electrons. The highest BCUT2D eigenvalue weighted by atomic mass is 16.5. The number of benzene rings is 1. The molecule has 1 N–H and O–H groups in total. The molecule has 1 amide bonds. The smallest absolute Gasteiger partial charge is 0.256 e. The van der Waals surface area contributed by atoms with Crippen LogP contribution in [0.25, 0.3) is 10.9 Å². The molecule has 1 aliphatic heterocycles. The van der Waals surface area contributed by atoms with Crippen LogP contribution in [0.3, 0.4) is 0 Å². The maximum atomic E-state index is 12.7. The van der Waals surface area contributed by atoms with Crippen LogP contribution in [0.5, 0.6) is 0 Å². The van der Waals surface area contributed by atoms with Gasteiger partial charge in [-0.2, -0.15) is 0 Å². The number of morpholine rings is 1. The standard InChI is InChI=1S/C15H18N2O2/c1-10-8-17(9-11(2)19-10)15(18)13-5-3-4-12-6-7-16-14(12)13/h3-7,10-11,16H,8-9H2,1-2H3/t10-,11+. The van der Waals surface area contributed by atoms with Gasteiger partial charge < -0.3 is 14.6 Å². The number of nitrogens with zero attached hydrogens (tertiary/aromatic N) is 1. The van der Waals surface area contributed by atoms with Gasteiger partial charge in [0.2, 0.25) is 0 Å². The molecule has 3 rings (SSSR count). The van der Waals surface area contributed by atoms with Crippen molar-refractivity contribution in [2.24, 2.45) is 0 Å². The maximum Gasteiger partial charge on any atom is 0.256 e. The predicted octanol–water partition coefficient (Wildman–Crippen LogP) is 2.42. The summed E-state index contributed by atoms with van der Waals surface area (Å²) >= 11 is 0. The number of carbonyl (C=O) groups is 1. The lowest BCUT2D eigenvalue weighted by molar-refractivity contribution is -0.0585. The number of rotatable bonds is 1. The maximum absolute atomic E-state index is 12.7. The monoisotopic (exact) mass is 258 g/mol. The van der Waals surface area contributed by atoms with E-state index in [9.17, 15) is 4.79 Å². The zero-order valence-electron chi connectivity index (χ0n) is 11.2. The minimum Gasteiger partial charge on any atom is -0.372 e. The molecule has 1 fully saturated rings. The number of carbonyl (C=O) groups excluding carboxylic acids is 1. The molecule has 0 saturated carbocycles. The number of hydrogen-bond donors (Lipinski definition) is 1. The molecule has 0 radical (unpaired) electrons. The largest absolute Gasteiger partial charge is 0.372 e. The van der Waals surface area contributed by atoms with Gasteiger partial charge in [0.05, 0.1) is 23.3 Å². The van der Waals surface area contributed by atoms with Gasteiger partial charge >= 0.3 is 0 Å². The molecule has 0 bridgehead atoms. The molecule has 1 aromatic carbocycles. The van der Waals surface area contributed by atoms with Gasteiger partial charge in [-0.15, -0.1) is 0 Å². The van der Waals surface area contributed by atoms with Gasteiger partial charge in [0.15, 0.2) is 0 Å². The summed E-state index contributed by atoms with van der Waals surface area (Å²) in [5.41, 5.74) is 1.66. The van der Waals surface area contributed by atoms with Gasteiger partial charge in [-0.3, -0.25) is 4.79 Å². The Kier molecular flexibility index (Phi) is 3.03. The minimum atomic E-state index is 0.0788. The van der Waals surface area contributed by atoms with Crippen LogP contribution in [-0.2, 0) is 4.74 Å². The van der Waals surface area contributed by atoms with Gasteiger partial charge in [-0.05, 0) is 26.0 Å². The third-order valence-corrected chi connectivity index (χ3v) is 3.52. The molecule has 0 unspecified atom stereocenters. The zero-order chi connectivity index (χ0) is 13.4. The molecule has 1 aliphatic rings. The summed E-state index contributed by atoms with van der Waals surface area (Å²) in [5.74, 6) is 0.0788. The van der Waals surface area contributed by atoms with E-state index in [1.54, 1.807) is 0 Å². The second kappa shape index (κ2) is 4.70. The Hall–Kier alpha value is -1.81. The Morgan fingerprint density at radius 1 is 1.26 bits per heavy atom. The van der Waals surface area contributed by atoms with E-state index in [0.29, 0.717) is 13.1 Å². The Bertz CT molecular complexity index is 595. The van der Waals surface area contributed by atoms with Crippen molar-refractivity contribution in [1.29, 1.82) is 0 Å². The van der Waals surface area contributed by atoms with E-state index >= 15 is 0 Å². The van der Waals surface area contributed by atoms with E-state index < -0.39 is 0 Å². The number of para-hydroxylation sites is 1. The summed E-state index contributed by atoms with van der Waals surface area (Å²) in [6.45, 7) is 5.32. The number of ether oxygens (including phenoxy) is 1. The van der Waals surface area contributed by atoms with Gasteiger partial charge in [-0.25, -0.2) is 0 Å². The zero-order valence-corrected chi connectivity index (χ0v) is 11.2. The van der Waals surface area contributed by atoms with Crippen LogP contribution in [0.4, 0.5) is 0 Å². The predicted molar refractivity (Wildman–Crippen MR) is 74.2 cm³/mol. The molecule has 1 saturated heterocycles. The molecule has 0 aliphatic carbocycles. The van der Waals surface area contributed by atoms with E-state index in [0.717, 1.165) is 16.5 Å². The second-order valence-electron chi connectivity index (χ2n) is 5.21. The Morgan fingerprint density at radius 3 is 2.74 bits per heavy atom. The third-order valence-electron chi connectivity index (χ3n) is 3.52. The topological polar surface area (TPSA) is 45.3 Å². The van der Waals surface area contributed by atoms with Crippen LogP contribution in [-0.4, -0.2) is 41.1 Å². The quantitative estimate of drug-likeness (QED) is 0.853. The summed E-state index contributed by atoms with van der Waals surface area (Å²) in [6, 6.07) is 7.80. The van der Waals surface area contributed by atoms with Crippen molar-refractivity contribution in [2.45, 2.75) is 26.1 Å². The normalized spacial score (nSPS) is 23.8. The SMILES string of the molecule is C[C@@H]1CN(C(=O)c2cccc3cc[nH]c23)C[C@H](C)O1.